The van der Waals surface area contributed by atoms with Gasteiger partial charge in [-0.2, -0.15) is 4.31 Å². The minimum Gasteiger partial charge on any atom is -0.316 e. The summed E-state index contributed by atoms with van der Waals surface area (Å²) < 4.78 is 40.3. The molecular formula is C15H25FN2O2S. The zero-order valence-electron chi connectivity index (χ0n) is 13.4. The maximum atomic E-state index is 13.5. The number of sulfonamides is 1. The first-order chi connectivity index (χ1) is 9.70. The van der Waals surface area contributed by atoms with Crippen molar-refractivity contribution in [2.24, 2.45) is 5.92 Å². The Morgan fingerprint density at radius 1 is 1.29 bits per heavy atom. The van der Waals surface area contributed by atoms with Crippen LogP contribution in [0.3, 0.4) is 0 Å². The molecule has 0 amide bonds. The first kappa shape index (κ1) is 18.1. The molecule has 0 bridgehead atoms. The molecule has 1 rings (SSSR count). The van der Waals surface area contributed by atoms with Crippen molar-refractivity contribution in [3.05, 3.63) is 29.6 Å². The third kappa shape index (κ3) is 4.49. The average molecular weight is 316 g/mol. The molecular weight excluding hydrogens is 291 g/mol. The molecule has 0 spiro atoms. The van der Waals surface area contributed by atoms with Gasteiger partial charge in [0.15, 0.2) is 0 Å². The molecule has 4 nitrogen and oxygen atoms in total. The molecule has 0 fully saturated rings. The van der Waals surface area contributed by atoms with E-state index < -0.39 is 15.8 Å². The van der Waals surface area contributed by atoms with E-state index in [0.29, 0.717) is 18.0 Å². The van der Waals surface area contributed by atoms with Crippen LogP contribution in [0.1, 0.15) is 32.8 Å². The Morgan fingerprint density at radius 3 is 2.43 bits per heavy atom. The molecule has 0 aliphatic heterocycles. The summed E-state index contributed by atoms with van der Waals surface area (Å²) in [6, 6.07) is 3.75. The fraction of sp³-hybridized carbons (Fsp3) is 0.600. The highest BCUT2D eigenvalue weighted by Gasteiger charge is 2.28. The molecule has 1 unspecified atom stereocenters. The van der Waals surface area contributed by atoms with Gasteiger partial charge in [0, 0.05) is 19.6 Å². The molecule has 0 aliphatic carbocycles. The van der Waals surface area contributed by atoms with Crippen molar-refractivity contribution in [3.8, 4) is 0 Å². The van der Waals surface area contributed by atoms with E-state index in [2.05, 4.69) is 5.32 Å². The maximum absolute atomic E-state index is 13.5. The van der Waals surface area contributed by atoms with Gasteiger partial charge in [-0.25, -0.2) is 12.8 Å². The summed E-state index contributed by atoms with van der Waals surface area (Å²) in [4.78, 5) is 0.0370. The van der Waals surface area contributed by atoms with Gasteiger partial charge in [0.1, 0.15) is 5.82 Å². The molecule has 0 saturated carbocycles. The monoisotopic (exact) mass is 316 g/mol. The lowest BCUT2D eigenvalue weighted by atomic mass is 10.1. The van der Waals surface area contributed by atoms with Gasteiger partial charge in [0.2, 0.25) is 10.0 Å². The van der Waals surface area contributed by atoms with Crippen LogP contribution < -0.4 is 5.32 Å². The topological polar surface area (TPSA) is 49.4 Å². The van der Waals surface area contributed by atoms with E-state index in [9.17, 15) is 12.8 Å². The Balaban J connectivity index is 3.20. The first-order valence-corrected chi connectivity index (χ1v) is 8.55. The second-order valence-electron chi connectivity index (χ2n) is 5.78. The summed E-state index contributed by atoms with van der Waals surface area (Å²) in [5.41, 5.74) is 0.572. The van der Waals surface area contributed by atoms with Gasteiger partial charge >= 0.3 is 0 Å². The largest absolute Gasteiger partial charge is 0.316 e. The van der Waals surface area contributed by atoms with E-state index in [1.54, 1.807) is 14.1 Å². The smallest absolute Gasteiger partial charge is 0.243 e. The molecule has 120 valence electrons. The van der Waals surface area contributed by atoms with Crippen LogP contribution in [0.25, 0.3) is 0 Å². The van der Waals surface area contributed by atoms with Crippen molar-refractivity contribution >= 4 is 10.0 Å². The standard InChI is InChI=1S/C15H25FN2O2S/c1-11(2)8-12(3)18(5)21(19,20)15-9-14(16)7-6-13(15)10-17-4/h6-7,9,11-12,17H,8,10H2,1-5H3. The molecule has 0 aliphatic rings. The van der Waals surface area contributed by atoms with Crippen molar-refractivity contribution in [1.82, 2.24) is 9.62 Å². The van der Waals surface area contributed by atoms with Crippen LogP contribution in [-0.4, -0.2) is 32.9 Å². The zero-order chi connectivity index (χ0) is 16.2. The second-order valence-corrected chi connectivity index (χ2v) is 7.75. The highest BCUT2D eigenvalue weighted by atomic mass is 32.2. The summed E-state index contributed by atoms with van der Waals surface area (Å²) in [5, 5.41) is 2.91. The highest BCUT2D eigenvalue weighted by Crippen LogP contribution is 2.24. The Kier molecular flexibility index (Phi) is 6.31. The van der Waals surface area contributed by atoms with E-state index in [0.717, 1.165) is 12.5 Å². The van der Waals surface area contributed by atoms with E-state index in [1.165, 1.54) is 16.4 Å². The third-order valence-electron chi connectivity index (χ3n) is 3.49. The van der Waals surface area contributed by atoms with Crippen molar-refractivity contribution in [2.75, 3.05) is 14.1 Å². The average Bonchev–Trinajstić information content (AvgIpc) is 2.39. The van der Waals surface area contributed by atoms with Gasteiger partial charge in [-0.1, -0.05) is 19.9 Å². The molecule has 0 radical (unpaired) electrons. The van der Waals surface area contributed by atoms with Gasteiger partial charge in [-0.05, 0) is 44.0 Å². The molecule has 6 heteroatoms. The number of rotatable bonds is 7. The Morgan fingerprint density at radius 2 is 1.90 bits per heavy atom. The van der Waals surface area contributed by atoms with E-state index in [4.69, 9.17) is 0 Å². The van der Waals surface area contributed by atoms with Crippen LogP contribution in [0.4, 0.5) is 4.39 Å². The Labute approximate surface area is 127 Å². The van der Waals surface area contributed by atoms with Crippen LogP contribution in [0.5, 0.6) is 0 Å². The van der Waals surface area contributed by atoms with E-state index >= 15 is 0 Å². The minimum absolute atomic E-state index is 0.0370. The lowest BCUT2D eigenvalue weighted by Gasteiger charge is -2.26. The van der Waals surface area contributed by atoms with Crippen molar-refractivity contribution in [1.29, 1.82) is 0 Å². The number of nitrogens with one attached hydrogen (secondary N) is 1. The second kappa shape index (κ2) is 7.33. The van der Waals surface area contributed by atoms with E-state index in [1.807, 2.05) is 20.8 Å². The molecule has 1 aromatic rings. The minimum atomic E-state index is -3.71. The van der Waals surface area contributed by atoms with Crippen molar-refractivity contribution in [2.45, 2.75) is 44.7 Å². The van der Waals surface area contributed by atoms with Crippen LogP contribution in [-0.2, 0) is 16.6 Å². The van der Waals surface area contributed by atoms with Gasteiger partial charge in [-0.3, -0.25) is 0 Å². The summed E-state index contributed by atoms with van der Waals surface area (Å²) >= 11 is 0. The number of hydrogen-bond acceptors (Lipinski definition) is 3. The fourth-order valence-corrected chi connectivity index (χ4v) is 3.93. The summed E-state index contributed by atoms with van der Waals surface area (Å²) in [6.45, 7) is 6.34. The van der Waals surface area contributed by atoms with Crippen LogP contribution in [0.2, 0.25) is 0 Å². The fourth-order valence-electron chi connectivity index (χ4n) is 2.33. The van der Waals surface area contributed by atoms with Gasteiger partial charge in [0.05, 0.1) is 4.90 Å². The highest BCUT2D eigenvalue weighted by molar-refractivity contribution is 7.89. The quantitative estimate of drug-likeness (QED) is 0.841. The first-order valence-electron chi connectivity index (χ1n) is 7.11. The number of nitrogens with zero attached hydrogens (tertiary/aromatic N) is 1. The molecule has 1 aromatic carbocycles. The van der Waals surface area contributed by atoms with Crippen LogP contribution in [0, 0.1) is 11.7 Å². The zero-order valence-corrected chi connectivity index (χ0v) is 14.2. The number of hydrogen-bond donors (Lipinski definition) is 1. The van der Waals surface area contributed by atoms with Crippen LogP contribution in [0.15, 0.2) is 23.1 Å². The normalized spacial score (nSPS) is 13.9. The van der Waals surface area contributed by atoms with Gasteiger partial charge < -0.3 is 5.32 Å². The molecule has 0 aromatic heterocycles. The lowest BCUT2D eigenvalue weighted by molar-refractivity contribution is 0.337. The SMILES string of the molecule is CNCc1ccc(F)cc1S(=O)(=O)N(C)C(C)CC(C)C. The lowest BCUT2D eigenvalue weighted by Crippen LogP contribution is -2.36. The molecule has 21 heavy (non-hydrogen) atoms. The Bertz CT molecular complexity index is 573. The molecule has 0 saturated heterocycles. The maximum Gasteiger partial charge on any atom is 0.243 e. The summed E-state index contributed by atoms with van der Waals surface area (Å²) in [5.74, 6) is -0.153. The van der Waals surface area contributed by atoms with Gasteiger partial charge in [0.25, 0.3) is 0 Å². The molecule has 0 heterocycles. The molecule has 1 N–H and O–H groups in total. The van der Waals surface area contributed by atoms with Crippen LogP contribution >= 0.6 is 0 Å². The Hall–Kier alpha value is -0.980. The van der Waals surface area contributed by atoms with Crippen molar-refractivity contribution < 1.29 is 12.8 Å². The number of halogens is 1. The van der Waals surface area contributed by atoms with E-state index in [-0.39, 0.29) is 10.9 Å². The van der Waals surface area contributed by atoms with Crippen molar-refractivity contribution in [3.63, 3.8) is 0 Å². The van der Waals surface area contributed by atoms with Gasteiger partial charge in [-0.15, -0.1) is 0 Å². The molecule has 1 atom stereocenters. The summed E-state index contributed by atoms with van der Waals surface area (Å²) in [6.07, 6.45) is 0.756. The predicted octanol–water partition coefficient (Wildman–Crippen LogP) is 2.60. The summed E-state index contributed by atoms with van der Waals surface area (Å²) in [7, 11) is -0.427. The third-order valence-corrected chi connectivity index (χ3v) is 5.54. The number of benzene rings is 1. The predicted molar refractivity (Wildman–Crippen MR) is 83.0 cm³/mol.